The van der Waals surface area contributed by atoms with E-state index in [0.717, 1.165) is 44.8 Å². The van der Waals surface area contributed by atoms with Crippen molar-refractivity contribution in [2.75, 3.05) is 18.7 Å². The average Bonchev–Trinajstić information content (AvgIpc) is 3.28. The number of nitrogens with one attached hydrogen (secondary N) is 2. The Morgan fingerprint density at radius 1 is 0.952 bits per heavy atom. The number of rotatable bonds is 14. The fourth-order valence-electron chi connectivity index (χ4n) is 7.82. The first-order valence-electron chi connectivity index (χ1n) is 20.2. The third kappa shape index (κ3) is 10.1. The SMILES string of the molecule is Cc1cccc(CN2Cc3cc4c(cc3C[C@H]2C(=O)N[C@H](COCO)Cc2ccc(-c3ccc(C#N)cc3)cc2)NC(=O)C(c2ccc(OCc3ccc(Cl)c(Cl)c3)cc2)O4)n1. The number of nitriles is 1. The van der Waals surface area contributed by atoms with E-state index < -0.39 is 25.0 Å². The van der Waals surface area contributed by atoms with Crippen LogP contribution in [0.3, 0.4) is 0 Å². The van der Waals surface area contributed by atoms with E-state index in [2.05, 4.69) is 21.6 Å². The van der Waals surface area contributed by atoms with E-state index in [0.29, 0.717) is 70.9 Å². The number of carbonyl (C=O) groups is 2. The number of aliphatic hydroxyl groups is 1. The Balaban J connectivity index is 0.984. The summed E-state index contributed by atoms with van der Waals surface area (Å²) in [5.74, 6) is 0.660. The Bertz CT molecular complexity index is 2620. The van der Waals surface area contributed by atoms with Gasteiger partial charge in [0.1, 0.15) is 24.9 Å². The van der Waals surface area contributed by atoms with Crippen LogP contribution >= 0.6 is 23.2 Å². The van der Waals surface area contributed by atoms with Gasteiger partial charge in [0.25, 0.3) is 5.91 Å². The highest BCUT2D eigenvalue weighted by Gasteiger charge is 2.36. The van der Waals surface area contributed by atoms with Gasteiger partial charge in [-0.05, 0) is 114 Å². The summed E-state index contributed by atoms with van der Waals surface area (Å²) in [7, 11) is 0. The van der Waals surface area contributed by atoms with Gasteiger partial charge in [-0.25, -0.2) is 0 Å². The van der Waals surface area contributed by atoms with E-state index in [1.54, 1.807) is 36.4 Å². The summed E-state index contributed by atoms with van der Waals surface area (Å²) in [6.07, 6.45) is -0.0465. The first-order chi connectivity index (χ1) is 30.1. The van der Waals surface area contributed by atoms with Gasteiger partial charge in [0.15, 0.2) is 0 Å². The number of aromatic nitrogens is 1. The van der Waals surface area contributed by atoms with Crippen LogP contribution in [0.1, 0.15) is 50.9 Å². The van der Waals surface area contributed by atoms with Crippen LogP contribution in [0.15, 0.2) is 121 Å². The fraction of sp³-hybridized carbons (Fsp3) is 0.224. The number of aryl methyl sites for hydroxylation is 1. The third-order valence-electron chi connectivity index (χ3n) is 11.0. The van der Waals surface area contributed by atoms with Gasteiger partial charge in [0, 0.05) is 24.3 Å². The fourth-order valence-corrected chi connectivity index (χ4v) is 8.14. The summed E-state index contributed by atoms with van der Waals surface area (Å²) >= 11 is 12.2. The molecular weight excluding hydrogens is 825 g/mol. The number of hydrogen-bond donors (Lipinski definition) is 3. The minimum Gasteiger partial charge on any atom is -0.489 e. The summed E-state index contributed by atoms with van der Waals surface area (Å²) in [4.78, 5) is 34.8. The van der Waals surface area contributed by atoms with Crippen molar-refractivity contribution in [3.8, 4) is 28.7 Å². The van der Waals surface area contributed by atoms with Crippen molar-refractivity contribution >= 4 is 40.7 Å². The van der Waals surface area contributed by atoms with Crippen LogP contribution in [-0.4, -0.2) is 52.3 Å². The Labute approximate surface area is 369 Å². The quantitative estimate of drug-likeness (QED) is 0.0918. The molecule has 0 bridgehead atoms. The first kappa shape index (κ1) is 42.4. The van der Waals surface area contributed by atoms with Gasteiger partial charge < -0.3 is 30.0 Å². The maximum atomic E-state index is 14.4. The summed E-state index contributed by atoms with van der Waals surface area (Å²) in [5.41, 5.74) is 9.26. The predicted octanol–water partition coefficient (Wildman–Crippen LogP) is 8.51. The lowest BCUT2D eigenvalue weighted by molar-refractivity contribution is -0.129. The summed E-state index contributed by atoms with van der Waals surface area (Å²) in [6, 6.07) is 38.8. The zero-order chi connectivity index (χ0) is 43.2. The molecule has 0 spiro atoms. The molecule has 2 amide bonds. The summed E-state index contributed by atoms with van der Waals surface area (Å²) in [5, 5.41) is 25.9. The number of nitrogens with zero attached hydrogens (tertiary/aromatic N) is 3. The molecule has 13 heteroatoms. The number of carbonyl (C=O) groups excluding carboxylic acids is 2. The molecule has 1 unspecified atom stereocenters. The van der Waals surface area contributed by atoms with Crippen molar-refractivity contribution in [1.82, 2.24) is 15.2 Å². The molecule has 0 fully saturated rings. The maximum absolute atomic E-state index is 14.4. The Morgan fingerprint density at radius 2 is 1.69 bits per heavy atom. The standard InChI is InChI=1S/C49H43Cl2N5O6/c1-30-3-2-4-39(53-30)26-56-25-38-23-46-44(55-49(59)47(62-46)36-14-16-41(17-15-36)61-27-33-9-18-42(50)43(51)20-33)21-37(38)22-45(56)48(58)54-40(28-60-29-57)19-31-5-10-34(11-6-31)35-12-7-32(24-52)8-13-35/h2-18,20-21,23,40,45,47,57H,19,22,25-29H2,1H3,(H,54,58)(H,55,59)/t40-,45-,47?/m0/s1. The molecule has 8 rings (SSSR count). The van der Waals surface area contributed by atoms with Crippen LogP contribution in [0.25, 0.3) is 11.1 Å². The van der Waals surface area contributed by atoms with Crippen molar-refractivity contribution in [2.24, 2.45) is 0 Å². The second-order valence-electron chi connectivity index (χ2n) is 15.4. The smallest absolute Gasteiger partial charge is 0.270 e. The second kappa shape index (κ2) is 19.2. The largest absolute Gasteiger partial charge is 0.489 e. The molecule has 3 N–H and O–H groups in total. The molecule has 1 aromatic heterocycles. The second-order valence-corrected chi connectivity index (χ2v) is 16.2. The highest BCUT2D eigenvalue weighted by Crippen LogP contribution is 2.40. The number of anilines is 1. The van der Waals surface area contributed by atoms with E-state index in [1.165, 1.54) is 0 Å². The Hall–Kier alpha value is -6.26. The van der Waals surface area contributed by atoms with Crippen LogP contribution in [0.4, 0.5) is 5.69 Å². The van der Waals surface area contributed by atoms with Crippen molar-refractivity contribution in [3.63, 3.8) is 0 Å². The number of aliphatic hydroxyl groups excluding tert-OH is 1. The van der Waals surface area contributed by atoms with E-state index >= 15 is 0 Å². The molecule has 3 heterocycles. The van der Waals surface area contributed by atoms with Gasteiger partial charge in [-0.15, -0.1) is 0 Å². The molecule has 2 aliphatic heterocycles. The normalized spacial score (nSPS) is 16.2. The molecule has 2 aliphatic rings. The van der Waals surface area contributed by atoms with Crippen molar-refractivity contribution in [1.29, 1.82) is 5.26 Å². The van der Waals surface area contributed by atoms with E-state index in [1.807, 2.05) is 91.9 Å². The van der Waals surface area contributed by atoms with Crippen molar-refractivity contribution < 1.29 is 28.9 Å². The van der Waals surface area contributed by atoms with Gasteiger partial charge in [-0.1, -0.05) is 83.9 Å². The molecule has 62 heavy (non-hydrogen) atoms. The number of amides is 2. The molecule has 314 valence electrons. The summed E-state index contributed by atoms with van der Waals surface area (Å²) < 4.78 is 17.8. The molecular formula is C49H43Cl2N5O6. The van der Waals surface area contributed by atoms with Gasteiger partial charge in [-0.2, -0.15) is 5.26 Å². The Kier molecular flexibility index (Phi) is 13.1. The van der Waals surface area contributed by atoms with Crippen molar-refractivity contribution in [3.05, 3.63) is 176 Å². The first-order valence-corrected chi connectivity index (χ1v) is 20.9. The lowest BCUT2D eigenvalue weighted by Gasteiger charge is -2.37. The highest BCUT2D eigenvalue weighted by atomic mass is 35.5. The zero-order valence-corrected chi connectivity index (χ0v) is 35.3. The zero-order valence-electron chi connectivity index (χ0n) is 33.8. The van der Waals surface area contributed by atoms with Gasteiger partial charge in [0.05, 0.1) is 51.7 Å². The molecule has 5 aromatic carbocycles. The third-order valence-corrected chi connectivity index (χ3v) is 11.7. The number of fused-ring (bicyclic) bond motifs is 2. The lowest BCUT2D eigenvalue weighted by Crippen LogP contribution is -2.53. The van der Waals surface area contributed by atoms with Gasteiger partial charge in [0.2, 0.25) is 12.0 Å². The van der Waals surface area contributed by atoms with Crippen LogP contribution < -0.4 is 20.1 Å². The number of benzene rings is 5. The molecule has 0 saturated heterocycles. The predicted molar refractivity (Wildman–Crippen MR) is 237 cm³/mol. The van der Waals surface area contributed by atoms with Crippen molar-refractivity contribution in [2.45, 2.75) is 57.6 Å². The van der Waals surface area contributed by atoms with Gasteiger partial charge in [-0.3, -0.25) is 19.5 Å². The number of ether oxygens (including phenoxy) is 3. The number of hydrogen-bond acceptors (Lipinski definition) is 9. The molecule has 0 aliphatic carbocycles. The molecule has 11 nitrogen and oxygen atoms in total. The lowest BCUT2D eigenvalue weighted by atomic mass is 9.91. The molecule has 6 aromatic rings. The Morgan fingerprint density at radius 3 is 2.40 bits per heavy atom. The number of halogens is 2. The minimum atomic E-state index is -0.885. The monoisotopic (exact) mass is 867 g/mol. The van der Waals surface area contributed by atoms with Crippen LogP contribution in [-0.2, 0) is 46.9 Å². The van der Waals surface area contributed by atoms with E-state index in [4.69, 9.17) is 47.7 Å². The van der Waals surface area contributed by atoms with Gasteiger partial charge >= 0.3 is 0 Å². The molecule has 0 radical (unpaired) electrons. The minimum absolute atomic E-state index is 0.106. The highest BCUT2D eigenvalue weighted by molar-refractivity contribution is 6.42. The topological polar surface area (TPSA) is 146 Å². The van der Waals surface area contributed by atoms with Crippen LogP contribution in [0.5, 0.6) is 11.5 Å². The van der Waals surface area contributed by atoms with Crippen LogP contribution in [0.2, 0.25) is 10.0 Å². The molecule has 0 saturated carbocycles. The average molecular weight is 869 g/mol. The van der Waals surface area contributed by atoms with Crippen LogP contribution in [0, 0.1) is 18.3 Å². The maximum Gasteiger partial charge on any atom is 0.270 e. The number of pyridine rings is 1. The van der Waals surface area contributed by atoms with E-state index in [9.17, 15) is 14.7 Å². The summed E-state index contributed by atoms with van der Waals surface area (Å²) in [6.45, 7) is 2.71. The van der Waals surface area contributed by atoms with E-state index in [-0.39, 0.29) is 18.4 Å². The molecule has 3 atom stereocenters.